The lowest BCUT2D eigenvalue weighted by molar-refractivity contribution is -0.135. The number of nitrogens with one attached hydrogen (secondary N) is 2. The van der Waals surface area contributed by atoms with E-state index in [4.69, 9.17) is 0 Å². The molecule has 0 aliphatic carbocycles. The van der Waals surface area contributed by atoms with Crippen LogP contribution in [-0.4, -0.2) is 55.1 Å². The maximum atomic E-state index is 12.7. The molecule has 2 atom stereocenters. The van der Waals surface area contributed by atoms with Gasteiger partial charge in [0.2, 0.25) is 11.8 Å². The molecule has 0 aromatic heterocycles. The highest BCUT2D eigenvalue weighted by Gasteiger charge is 2.30. The molecule has 1 aliphatic rings. The van der Waals surface area contributed by atoms with Gasteiger partial charge in [-0.2, -0.15) is 0 Å². The molecule has 7 nitrogen and oxygen atoms in total. The molecule has 0 spiro atoms. The van der Waals surface area contributed by atoms with E-state index in [0.29, 0.717) is 19.5 Å². The molecular weight excluding hydrogens is 286 g/mol. The number of ether oxygens (including phenoxy) is 1. The standard InChI is InChI=1S/C15H27N3O4/c1-10(2)8-13(17-15(21)22-4)14(20)18-7-5-6-12(9-18)16-11(3)19/h10,12-13H,5-9H2,1-4H3,(H,16,19)(H,17,21)/t12-,13-/m1/s1. The third-order valence-corrected chi connectivity index (χ3v) is 3.62. The van der Waals surface area contributed by atoms with Crippen molar-refractivity contribution in [2.45, 2.75) is 52.1 Å². The van der Waals surface area contributed by atoms with Crippen molar-refractivity contribution >= 4 is 17.9 Å². The highest BCUT2D eigenvalue weighted by molar-refractivity contribution is 5.85. The minimum atomic E-state index is -0.602. The Labute approximate surface area is 131 Å². The van der Waals surface area contributed by atoms with Crippen LogP contribution < -0.4 is 10.6 Å². The van der Waals surface area contributed by atoms with Gasteiger partial charge in [0, 0.05) is 26.1 Å². The fraction of sp³-hybridized carbons (Fsp3) is 0.800. The van der Waals surface area contributed by atoms with Crippen molar-refractivity contribution in [3.63, 3.8) is 0 Å². The highest BCUT2D eigenvalue weighted by atomic mass is 16.5. The Morgan fingerprint density at radius 2 is 2.00 bits per heavy atom. The van der Waals surface area contributed by atoms with Gasteiger partial charge in [0.25, 0.3) is 0 Å². The van der Waals surface area contributed by atoms with E-state index in [0.717, 1.165) is 12.8 Å². The Hall–Kier alpha value is -1.79. The summed E-state index contributed by atoms with van der Waals surface area (Å²) in [4.78, 5) is 37.0. The van der Waals surface area contributed by atoms with E-state index in [1.54, 1.807) is 4.90 Å². The number of nitrogens with zero attached hydrogens (tertiary/aromatic N) is 1. The predicted molar refractivity (Wildman–Crippen MR) is 82.2 cm³/mol. The minimum Gasteiger partial charge on any atom is -0.453 e. The second kappa shape index (κ2) is 8.60. The molecule has 0 saturated carbocycles. The summed E-state index contributed by atoms with van der Waals surface area (Å²) in [5.41, 5.74) is 0. The molecule has 1 saturated heterocycles. The number of hydrogen-bond acceptors (Lipinski definition) is 4. The van der Waals surface area contributed by atoms with Gasteiger partial charge in [-0.25, -0.2) is 4.79 Å². The van der Waals surface area contributed by atoms with Crippen LogP contribution in [0.4, 0.5) is 4.79 Å². The zero-order valence-corrected chi connectivity index (χ0v) is 13.8. The summed E-state index contributed by atoms with van der Waals surface area (Å²) < 4.78 is 4.60. The van der Waals surface area contributed by atoms with E-state index >= 15 is 0 Å². The number of likely N-dealkylation sites (tertiary alicyclic amines) is 1. The largest absolute Gasteiger partial charge is 0.453 e. The number of hydrogen-bond donors (Lipinski definition) is 2. The molecule has 126 valence electrons. The summed E-state index contributed by atoms with van der Waals surface area (Å²) in [7, 11) is 1.28. The average molecular weight is 313 g/mol. The molecule has 0 unspecified atom stereocenters. The Morgan fingerprint density at radius 3 is 2.55 bits per heavy atom. The third-order valence-electron chi connectivity index (χ3n) is 3.62. The van der Waals surface area contributed by atoms with Gasteiger partial charge < -0.3 is 20.3 Å². The molecular formula is C15H27N3O4. The molecule has 7 heteroatoms. The average Bonchev–Trinajstić information content (AvgIpc) is 2.44. The van der Waals surface area contributed by atoms with Gasteiger partial charge in [-0.1, -0.05) is 13.8 Å². The van der Waals surface area contributed by atoms with Crippen LogP contribution in [0.3, 0.4) is 0 Å². The lowest BCUT2D eigenvalue weighted by Crippen LogP contribution is -2.55. The third kappa shape index (κ3) is 5.91. The Morgan fingerprint density at radius 1 is 1.32 bits per heavy atom. The fourth-order valence-corrected chi connectivity index (χ4v) is 2.70. The van der Waals surface area contributed by atoms with Gasteiger partial charge >= 0.3 is 6.09 Å². The second-order valence-corrected chi connectivity index (χ2v) is 6.14. The smallest absolute Gasteiger partial charge is 0.407 e. The minimum absolute atomic E-state index is 0.0203. The molecule has 0 aromatic carbocycles. The Bertz CT molecular complexity index is 412. The first-order valence-corrected chi connectivity index (χ1v) is 7.73. The maximum absolute atomic E-state index is 12.7. The molecule has 3 amide bonds. The van der Waals surface area contributed by atoms with Gasteiger partial charge in [0.05, 0.1) is 7.11 Å². The number of methoxy groups -OCH3 is 1. The quantitative estimate of drug-likeness (QED) is 0.789. The van der Waals surface area contributed by atoms with Crippen molar-refractivity contribution < 1.29 is 19.1 Å². The number of carbonyl (C=O) groups is 3. The maximum Gasteiger partial charge on any atom is 0.407 e. The number of amides is 3. The van der Waals surface area contributed by atoms with Crippen molar-refractivity contribution in [1.29, 1.82) is 0 Å². The SMILES string of the molecule is COC(=O)N[C@H](CC(C)C)C(=O)N1CCC[C@@H](NC(C)=O)C1. The molecule has 22 heavy (non-hydrogen) atoms. The lowest BCUT2D eigenvalue weighted by atomic mass is 10.00. The summed E-state index contributed by atoms with van der Waals surface area (Å²) >= 11 is 0. The van der Waals surface area contributed by atoms with Crippen molar-refractivity contribution in [2.24, 2.45) is 5.92 Å². The normalized spacial score (nSPS) is 19.5. The fourth-order valence-electron chi connectivity index (χ4n) is 2.70. The van der Waals surface area contributed by atoms with Crippen molar-refractivity contribution in [3.8, 4) is 0 Å². The predicted octanol–water partition coefficient (Wildman–Crippen LogP) is 0.884. The van der Waals surface area contributed by atoms with Gasteiger partial charge in [-0.15, -0.1) is 0 Å². The van der Waals surface area contributed by atoms with Crippen molar-refractivity contribution in [2.75, 3.05) is 20.2 Å². The van der Waals surface area contributed by atoms with E-state index < -0.39 is 12.1 Å². The van der Waals surface area contributed by atoms with Crippen LogP contribution in [0.1, 0.15) is 40.0 Å². The molecule has 2 N–H and O–H groups in total. The first kappa shape index (κ1) is 18.3. The van der Waals surface area contributed by atoms with Crippen molar-refractivity contribution in [3.05, 3.63) is 0 Å². The summed E-state index contributed by atoms with van der Waals surface area (Å²) in [6.45, 7) is 6.59. The van der Waals surface area contributed by atoms with Crippen molar-refractivity contribution in [1.82, 2.24) is 15.5 Å². The van der Waals surface area contributed by atoms with Crippen LogP contribution in [0, 0.1) is 5.92 Å². The van der Waals surface area contributed by atoms with Crippen LogP contribution in [0.15, 0.2) is 0 Å². The molecule has 1 rings (SSSR count). The van der Waals surface area contributed by atoms with E-state index in [-0.39, 0.29) is 23.8 Å². The number of carbonyl (C=O) groups excluding carboxylic acids is 3. The zero-order chi connectivity index (χ0) is 16.7. The molecule has 1 heterocycles. The molecule has 0 radical (unpaired) electrons. The van der Waals surface area contributed by atoms with Crippen LogP contribution in [0.25, 0.3) is 0 Å². The molecule has 0 aromatic rings. The summed E-state index contributed by atoms with van der Waals surface area (Å²) in [5.74, 6) is 0.0573. The molecule has 0 bridgehead atoms. The van der Waals surface area contributed by atoms with E-state index in [1.807, 2.05) is 13.8 Å². The number of piperidine rings is 1. The topological polar surface area (TPSA) is 87.7 Å². The number of alkyl carbamates (subject to hydrolysis) is 1. The first-order chi connectivity index (χ1) is 10.3. The first-order valence-electron chi connectivity index (χ1n) is 7.73. The molecule has 1 aliphatic heterocycles. The summed E-state index contributed by atoms with van der Waals surface area (Å²) in [6.07, 6.45) is 1.65. The zero-order valence-electron chi connectivity index (χ0n) is 13.8. The van der Waals surface area contributed by atoms with Crippen LogP contribution >= 0.6 is 0 Å². The summed E-state index contributed by atoms with van der Waals surface area (Å²) in [6, 6.07) is -0.614. The number of rotatable bonds is 5. The van der Waals surface area contributed by atoms with E-state index in [9.17, 15) is 14.4 Å². The molecule has 1 fully saturated rings. The second-order valence-electron chi connectivity index (χ2n) is 6.14. The monoisotopic (exact) mass is 313 g/mol. The van der Waals surface area contributed by atoms with Gasteiger partial charge in [0.1, 0.15) is 6.04 Å². The highest BCUT2D eigenvalue weighted by Crippen LogP contribution is 2.14. The van der Waals surface area contributed by atoms with Gasteiger partial charge in [-0.05, 0) is 25.2 Å². The van der Waals surface area contributed by atoms with Crippen LogP contribution in [0.2, 0.25) is 0 Å². The van der Waals surface area contributed by atoms with Gasteiger partial charge in [0.15, 0.2) is 0 Å². The van der Waals surface area contributed by atoms with Crippen LogP contribution in [-0.2, 0) is 14.3 Å². The van der Waals surface area contributed by atoms with E-state index in [2.05, 4.69) is 15.4 Å². The Balaban J connectivity index is 2.70. The lowest BCUT2D eigenvalue weighted by Gasteiger charge is -2.35. The van der Waals surface area contributed by atoms with Crippen LogP contribution in [0.5, 0.6) is 0 Å². The van der Waals surface area contributed by atoms with Gasteiger partial charge in [-0.3, -0.25) is 9.59 Å². The van der Waals surface area contributed by atoms with E-state index in [1.165, 1.54) is 14.0 Å². The Kier molecular flexibility index (Phi) is 7.14. The summed E-state index contributed by atoms with van der Waals surface area (Å²) in [5, 5.41) is 5.46.